The molecule has 0 fully saturated rings. The van der Waals surface area contributed by atoms with Crippen LogP contribution in [0.1, 0.15) is 50.0 Å². The fraction of sp³-hybridized carbons (Fsp3) is 0.600. The van der Waals surface area contributed by atoms with Crippen LogP contribution < -0.4 is 5.32 Å². The number of aryl methyl sites for hydroxylation is 1. The van der Waals surface area contributed by atoms with Gasteiger partial charge < -0.3 is 15.0 Å². The molecule has 0 aliphatic carbocycles. The number of carbonyl (C=O) groups excluding carboxylic acids is 1. The Hall–Kier alpha value is -1.78. The van der Waals surface area contributed by atoms with Crippen LogP contribution in [0, 0.1) is 5.92 Å². The number of aromatic nitrogens is 1. The second-order valence-corrected chi connectivity index (χ2v) is 5.17. The maximum atomic E-state index is 12.0. The number of rotatable bonds is 9. The van der Waals surface area contributed by atoms with E-state index in [0.29, 0.717) is 24.6 Å². The third-order valence-corrected chi connectivity index (χ3v) is 3.30. The third kappa shape index (κ3) is 5.47. The zero-order chi connectivity index (χ0) is 15.0. The monoisotopic (exact) mass is 280 g/mol. The maximum Gasteiger partial charge on any atom is 0.303 e. The fourth-order valence-corrected chi connectivity index (χ4v) is 2.09. The molecule has 5 nitrogen and oxygen atoms in total. The summed E-state index contributed by atoms with van der Waals surface area (Å²) in [6, 6.07) is 3.69. The molecule has 1 aromatic rings. The highest BCUT2D eigenvalue weighted by atomic mass is 16.4. The molecule has 1 rings (SSSR count). The second kappa shape index (κ2) is 8.40. The molecule has 1 heterocycles. The molecule has 0 saturated carbocycles. The Morgan fingerprint density at radius 1 is 1.40 bits per heavy atom. The molecule has 0 aliphatic rings. The molecule has 1 unspecified atom stereocenters. The highest BCUT2D eigenvalue weighted by Gasteiger charge is 2.11. The first-order valence-electron chi connectivity index (χ1n) is 7.19. The average Bonchev–Trinajstić information content (AvgIpc) is 2.85. The smallest absolute Gasteiger partial charge is 0.303 e. The second-order valence-electron chi connectivity index (χ2n) is 5.17. The summed E-state index contributed by atoms with van der Waals surface area (Å²) in [5, 5.41) is 11.5. The molecule has 0 bridgehead atoms. The van der Waals surface area contributed by atoms with Gasteiger partial charge in [-0.3, -0.25) is 9.59 Å². The normalized spacial score (nSPS) is 12.1. The number of amides is 1. The van der Waals surface area contributed by atoms with E-state index in [0.717, 1.165) is 19.4 Å². The van der Waals surface area contributed by atoms with Crippen molar-refractivity contribution in [3.8, 4) is 0 Å². The summed E-state index contributed by atoms with van der Waals surface area (Å²) in [6.07, 6.45) is 4.54. The summed E-state index contributed by atoms with van der Waals surface area (Å²) >= 11 is 0. The molecule has 0 spiro atoms. The highest BCUT2D eigenvalue weighted by molar-refractivity contribution is 5.92. The molecule has 112 valence electrons. The number of carbonyl (C=O) groups is 2. The standard InChI is InChI=1S/C15H24N2O3/c1-3-10-17-11-4-5-13(17)15(20)16-9-8-12(2)6-7-14(18)19/h4-5,11-12H,3,6-10H2,1-2H3,(H,16,20)(H,18,19). The zero-order valence-corrected chi connectivity index (χ0v) is 12.3. The average molecular weight is 280 g/mol. The first-order chi connectivity index (χ1) is 9.54. The van der Waals surface area contributed by atoms with Crippen molar-refractivity contribution in [3.05, 3.63) is 24.0 Å². The number of carboxylic acids is 1. The fourth-order valence-electron chi connectivity index (χ4n) is 2.09. The maximum absolute atomic E-state index is 12.0. The van der Waals surface area contributed by atoms with Gasteiger partial charge in [-0.1, -0.05) is 13.8 Å². The summed E-state index contributed by atoms with van der Waals surface area (Å²) in [5.74, 6) is -0.527. The Morgan fingerprint density at radius 3 is 2.80 bits per heavy atom. The first-order valence-corrected chi connectivity index (χ1v) is 7.19. The SMILES string of the molecule is CCCn1cccc1C(=O)NCCC(C)CCC(=O)O. The van der Waals surface area contributed by atoms with E-state index in [2.05, 4.69) is 12.2 Å². The number of hydrogen-bond donors (Lipinski definition) is 2. The summed E-state index contributed by atoms with van der Waals surface area (Å²) in [4.78, 5) is 22.5. The molecule has 0 saturated heterocycles. The number of nitrogens with one attached hydrogen (secondary N) is 1. The van der Waals surface area contributed by atoms with Gasteiger partial charge in [0, 0.05) is 25.7 Å². The molecule has 1 amide bonds. The predicted molar refractivity (Wildman–Crippen MR) is 77.7 cm³/mol. The Labute approximate surface area is 120 Å². The summed E-state index contributed by atoms with van der Waals surface area (Å²) in [5.41, 5.74) is 0.685. The van der Waals surface area contributed by atoms with Crippen LogP contribution in [0.5, 0.6) is 0 Å². The molecule has 2 N–H and O–H groups in total. The molecule has 5 heteroatoms. The van der Waals surface area contributed by atoms with Gasteiger partial charge in [-0.25, -0.2) is 0 Å². The Balaban J connectivity index is 2.32. The van der Waals surface area contributed by atoms with Gasteiger partial charge >= 0.3 is 5.97 Å². The van der Waals surface area contributed by atoms with Crippen molar-refractivity contribution in [2.45, 2.75) is 46.1 Å². The molecule has 20 heavy (non-hydrogen) atoms. The van der Waals surface area contributed by atoms with Gasteiger partial charge in [0.2, 0.25) is 0 Å². The van der Waals surface area contributed by atoms with Gasteiger partial charge in [0.25, 0.3) is 5.91 Å². The van der Waals surface area contributed by atoms with Gasteiger partial charge in [0.05, 0.1) is 0 Å². The van der Waals surface area contributed by atoms with Crippen LogP contribution in [0.2, 0.25) is 0 Å². The van der Waals surface area contributed by atoms with E-state index in [1.807, 2.05) is 29.8 Å². The van der Waals surface area contributed by atoms with E-state index in [4.69, 9.17) is 5.11 Å². The molecule has 1 atom stereocenters. The van der Waals surface area contributed by atoms with E-state index >= 15 is 0 Å². The van der Waals surface area contributed by atoms with Gasteiger partial charge in [-0.15, -0.1) is 0 Å². The number of aliphatic carboxylic acids is 1. The molecule has 0 radical (unpaired) electrons. The molecule has 0 aliphatic heterocycles. The van der Waals surface area contributed by atoms with Crippen LogP contribution in [0.4, 0.5) is 0 Å². The van der Waals surface area contributed by atoms with Crippen molar-refractivity contribution >= 4 is 11.9 Å². The Kier molecular flexibility index (Phi) is 6.84. The van der Waals surface area contributed by atoms with Crippen LogP contribution in [-0.4, -0.2) is 28.1 Å². The molecular weight excluding hydrogens is 256 g/mol. The summed E-state index contributed by atoms with van der Waals surface area (Å²) in [6.45, 7) is 5.50. The largest absolute Gasteiger partial charge is 0.481 e. The van der Waals surface area contributed by atoms with E-state index in [9.17, 15) is 9.59 Å². The topological polar surface area (TPSA) is 71.3 Å². The van der Waals surface area contributed by atoms with Crippen molar-refractivity contribution in [1.29, 1.82) is 0 Å². The lowest BCUT2D eigenvalue weighted by Crippen LogP contribution is -2.27. The van der Waals surface area contributed by atoms with E-state index < -0.39 is 5.97 Å². The van der Waals surface area contributed by atoms with Gasteiger partial charge in [-0.05, 0) is 37.3 Å². The lowest BCUT2D eigenvalue weighted by molar-refractivity contribution is -0.137. The Morgan fingerprint density at radius 2 is 2.15 bits per heavy atom. The van der Waals surface area contributed by atoms with Gasteiger partial charge in [0.15, 0.2) is 0 Å². The van der Waals surface area contributed by atoms with Crippen molar-refractivity contribution in [3.63, 3.8) is 0 Å². The van der Waals surface area contributed by atoms with Gasteiger partial charge in [-0.2, -0.15) is 0 Å². The first kappa shape index (κ1) is 16.3. The van der Waals surface area contributed by atoms with Crippen molar-refractivity contribution in [1.82, 2.24) is 9.88 Å². The summed E-state index contributed by atoms with van der Waals surface area (Å²) < 4.78 is 1.95. The molecule has 0 aromatic carbocycles. The quantitative estimate of drug-likeness (QED) is 0.730. The van der Waals surface area contributed by atoms with Crippen molar-refractivity contribution in [2.75, 3.05) is 6.54 Å². The van der Waals surface area contributed by atoms with Crippen LogP contribution in [0.25, 0.3) is 0 Å². The number of nitrogens with zero attached hydrogens (tertiary/aromatic N) is 1. The van der Waals surface area contributed by atoms with Gasteiger partial charge in [0.1, 0.15) is 5.69 Å². The highest BCUT2D eigenvalue weighted by Crippen LogP contribution is 2.09. The minimum absolute atomic E-state index is 0.0612. The molecule has 1 aromatic heterocycles. The molecular formula is C15H24N2O3. The van der Waals surface area contributed by atoms with Crippen LogP contribution in [0.15, 0.2) is 18.3 Å². The van der Waals surface area contributed by atoms with Crippen molar-refractivity contribution in [2.24, 2.45) is 5.92 Å². The number of hydrogen-bond acceptors (Lipinski definition) is 2. The van der Waals surface area contributed by atoms with Crippen LogP contribution in [0.3, 0.4) is 0 Å². The summed E-state index contributed by atoms with van der Waals surface area (Å²) in [7, 11) is 0. The Bertz CT molecular complexity index is 440. The van der Waals surface area contributed by atoms with Crippen molar-refractivity contribution < 1.29 is 14.7 Å². The zero-order valence-electron chi connectivity index (χ0n) is 12.3. The third-order valence-electron chi connectivity index (χ3n) is 3.30. The van der Waals surface area contributed by atoms with Crippen LogP contribution >= 0.6 is 0 Å². The van der Waals surface area contributed by atoms with E-state index in [1.54, 1.807) is 0 Å². The van der Waals surface area contributed by atoms with Crippen LogP contribution in [-0.2, 0) is 11.3 Å². The minimum Gasteiger partial charge on any atom is -0.481 e. The lowest BCUT2D eigenvalue weighted by atomic mass is 10.0. The lowest BCUT2D eigenvalue weighted by Gasteiger charge is -2.12. The minimum atomic E-state index is -0.765. The van der Waals surface area contributed by atoms with E-state index in [-0.39, 0.29) is 12.3 Å². The van der Waals surface area contributed by atoms with E-state index in [1.165, 1.54) is 0 Å². The predicted octanol–water partition coefficient (Wildman–Crippen LogP) is 2.52. The number of carboxylic acid groups (broad SMARTS) is 1.